The van der Waals surface area contributed by atoms with Gasteiger partial charge in [0.2, 0.25) is 5.88 Å². The zero-order valence-corrected chi connectivity index (χ0v) is 14.8. The van der Waals surface area contributed by atoms with E-state index in [1.54, 1.807) is 6.33 Å². The number of hydrogen-bond donors (Lipinski definition) is 1. The highest BCUT2D eigenvalue weighted by Crippen LogP contribution is 2.30. The Hall–Kier alpha value is -2.14. The summed E-state index contributed by atoms with van der Waals surface area (Å²) in [5, 5.41) is 10.7. The number of benzene rings is 1. The van der Waals surface area contributed by atoms with E-state index in [4.69, 9.17) is 4.74 Å². The summed E-state index contributed by atoms with van der Waals surface area (Å²) >= 11 is 0. The van der Waals surface area contributed by atoms with Gasteiger partial charge in [0.05, 0.1) is 12.7 Å². The fourth-order valence-corrected chi connectivity index (χ4v) is 3.51. The van der Waals surface area contributed by atoms with Crippen molar-refractivity contribution in [1.29, 1.82) is 0 Å². The zero-order chi connectivity index (χ0) is 17.5. The summed E-state index contributed by atoms with van der Waals surface area (Å²) in [5.74, 6) is 1.50. The van der Waals surface area contributed by atoms with Crippen LogP contribution in [0.15, 0.2) is 42.7 Å². The monoisotopic (exact) mass is 341 g/mol. The molecule has 2 atom stereocenters. The van der Waals surface area contributed by atoms with E-state index >= 15 is 0 Å². The average molecular weight is 341 g/mol. The minimum Gasteiger partial charge on any atom is -0.478 e. The molecule has 1 fully saturated rings. The summed E-state index contributed by atoms with van der Waals surface area (Å²) in [5.41, 5.74) is 0.976. The largest absolute Gasteiger partial charge is 0.478 e. The quantitative estimate of drug-likeness (QED) is 0.867. The van der Waals surface area contributed by atoms with Gasteiger partial charge in [0.15, 0.2) is 0 Å². The highest BCUT2D eigenvalue weighted by Gasteiger charge is 2.25. The van der Waals surface area contributed by atoms with Gasteiger partial charge in [-0.2, -0.15) is 0 Å². The lowest BCUT2D eigenvalue weighted by Crippen LogP contribution is -2.36. The summed E-state index contributed by atoms with van der Waals surface area (Å²) in [6.45, 7) is 3.49. The van der Waals surface area contributed by atoms with Gasteiger partial charge in [-0.15, -0.1) is 0 Å². The van der Waals surface area contributed by atoms with Gasteiger partial charge in [0.25, 0.3) is 0 Å². The summed E-state index contributed by atoms with van der Waals surface area (Å²) in [7, 11) is 0. The van der Waals surface area contributed by atoms with E-state index in [0.29, 0.717) is 18.9 Å². The number of nitrogens with zero attached hydrogens (tertiary/aromatic N) is 3. The second-order valence-corrected chi connectivity index (χ2v) is 6.51. The molecule has 1 saturated heterocycles. The van der Waals surface area contributed by atoms with Crippen molar-refractivity contribution in [3.63, 3.8) is 0 Å². The van der Waals surface area contributed by atoms with E-state index < -0.39 is 6.10 Å². The van der Waals surface area contributed by atoms with Crippen molar-refractivity contribution in [2.75, 3.05) is 18.1 Å². The van der Waals surface area contributed by atoms with Crippen molar-refractivity contribution in [3.8, 4) is 5.88 Å². The maximum atomic E-state index is 10.7. The Balaban J connectivity index is 1.78. The van der Waals surface area contributed by atoms with Crippen LogP contribution in [0.3, 0.4) is 0 Å². The van der Waals surface area contributed by atoms with E-state index in [2.05, 4.69) is 14.9 Å². The Kier molecular flexibility index (Phi) is 6.23. The zero-order valence-electron chi connectivity index (χ0n) is 14.8. The first-order valence-electron chi connectivity index (χ1n) is 9.22. The van der Waals surface area contributed by atoms with Crippen molar-refractivity contribution in [2.45, 2.75) is 51.2 Å². The van der Waals surface area contributed by atoms with Crippen LogP contribution in [0.25, 0.3) is 0 Å². The van der Waals surface area contributed by atoms with Crippen LogP contribution in [0.4, 0.5) is 5.82 Å². The normalized spacial score (nSPS) is 19.3. The van der Waals surface area contributed by atoms with Gasteiger partial charge in [0, 0.05) is 18.7 Å². The number of anilines is 1. The van der Waals surface area contributed by atoms with Crippen LogP contribution >= 0.6 is 0 Å². The molecule has 1 N–H and O–H groups in total. The highest BCUT2D eigenvalue weighted by atomic mass is 16.5. The fraction of sp³-hybridized carbons (Fsp3) is 0.500. The maximum Gasteiger partial charge on any atom is 0.218 e. The molecule has 2 heterocycles. The third kappa shape index (κ3) is 4.69. The topological polar surface area (TPSA) is 58.5 Å². The highest BCUT2D eigenvalue weighted by molar-refractivity contribution is 5.42. The number of hydrogen-bond acceptors (Lipinski definition) is 5. The molecule has 0 bridgehead atoms. The molecule has 0 saturated carbocycles. The molecule has 1 aliphatic heterocycles. The van der Waals surface area contributed by atoms with Gasteiger partial charge >= 0.3 is 0 Å². The second kappa shape index (κ2) is 8.81. The summed E-state index contributed by atoms with van der Waals surface area (Å²) in [6.07, 6.45) is 6.43. The molecule has 2 unspecified atom stereocenters. The Bertz CT molecular complexity index is 650. The summed E-state index contributed by atoms with van der Waals surface area (Å²) in [6, 6.07) is 12.1. The standard InChI is InChI=1S/C20H27N3O2/c1-2-25-20-14-19(21-15-22-20)23-12-8-4-7-11-17(23)13-18(24)16-9-5-3-6-10-16/h3,5-6,9-10,14-15,17-18,24H,2,4,7-8,11-13H2,1H3. The second-order valence-electron chi connectivity index (χ2n) is 6.51. The lowest BCUT2D eigenvalue weighted by Gasteiger charge is -2.32. The molecule has 25 heavy (non-hydrogen) atoms. The number of ether oxygens (including phenoxy) is 1. The van der Waals surface area contributed by atoms with Crippen molar-refractivity contribution in [3.05, 3.63) is 48.3 Å². The molecule has 5 nitrogen and oxygen atoms in total. The smallest absolute Gasteiger partial charge is 0.218 e. The first-order valence-corrected chi connectivity index (χ1v) is 9.22. The number of rotatable bonds is 6. The first-order chi connectivity index (χ1) is 12.3. The average Bonchev–Trinajstić information content (AvgIpc) is 2.88. The number of aliphatic hydroxyl groups excluding tert-OH is 1. The molecule has 1 aromatic carbocycles. The SMILES string of the molecule is CCOc1cc(N2CCCCCC2CC(O)c2ccccc2)ncn1. The molecule has 0 aliphatic carbocycles. The van der Waals surface area contributed by atoms with Gasteiger partial charge in [-0.3, -0.25) is 0 Å². The molecule has 134 valence electrons. The Morgan fingerprint density at radius 2 is 2.04 bits per heavy atom. The van der Waals surface area contributed by atoms with Crippen molar-refractivity contribution < 1.29 is 9.84 Å². The molecule has 5 heteroatoms. The van der Waals surface area contributed by atoms with Crippen molar-refractivity contribution >= 4 is 5.82 Å². The van der Waals surface area contributed by atoms with E-state index in [0.717, 1.165) is 30.8 Å². The molecule has 3 rings (SSSR count). The van der Waals surface area contributed by atoms with E-state index in [-0.39, 0.29) is 6.04 Å². The van der Waals surface area contributed by atoms with Crippen LogP contribution in [0.2, 0.25) is 0 Å². The van der Waals surface area contributed by atoms with Crippen LogP contribution < -0.4 is 9.64 Å². The van der Waals surface area contributed by atoms with Crippen molar-refractivity contribution in [2.24, 2.45) is 0 Å². The Morgan fingerprint density at radius 3 is 2.84 bits per heavy atom. The predicted molar refractivity (Wildman–Crippen MR) is 98.8 cm³/mol. The molecule has 0 spiro atoms. The molecule has 0 radical (unpaired) electrons. The van der Waals surface area contributed by atoms with Crippen LogP contribution in [0.1, 0.15) is 50.7 Å². The van der Waals surface area contributed by atoms with E-state index in [1.807, 2.05) is 43.3 Å². The minimum atomic E-state index is -0.458. The minimum absolute atomic E-state index is 0.266. The van der Waals surface area contributed by atoms with Crippen LogP contribution in [0.5, 0.6) is 5.88 Å². The van der Waals surface area contributed by atoms with Gasteiger partial charge < -0.3 is 14.7 Å². The maximum absolute atomic E-state index is 10.7. The third-order valence-electron chi connectivity index (χ3n) is 4.77. The molecular weight excluding hydrogens is 314 g/mol. The van der Waals surface area contributed by atoms with E-state index in [9.17, 15) is 5.11 Å². The Labute approximate surface area is 149 Å². The third-order valence-corrected chi connectivity index (χ3v) is 4.77. The molecule has 1 aliphatic rings. The molecule has 2 aromatic rings. The number of aromatic nitrogens is 2. The van der Waals surface area contributed by atoms with E-state index in [1.165, 1.54) is 12.8 Å². The first kappa shape index (κ1) is 17.7. The van der Waals surface area contributed by atoms with Gasteiger partial charge in [-0.05, 0) is 31.7 Å². The molecular formula is C20H27N3O2. The molecule has 1 aromatic heterocycles. The van der Waals surface area contributed by atoms with Gasteiger partial charge in [0.1, 0.15) is 12.1 Å². The van der Waals surface area contributed by atoms with Crippen LogP contribution in [0, 0.1) is 0 Å². The lowest BCUT2D eigenvalue weighted by molar-refractivity contribution is 0.155. The molecule has 0 amide bonds. The lowest BCUT2D eigenvalue weighted by atomic mass is 9.98. The van der Waals surface area contributed by atoms with Crippen LogP contribution in [-0.2, 0) is 0 Å². The van der Waals surface area contributed by atoms with Crippen molar-refractivity contribution in [1.82, 2.24) is 9.97 Å². The number of aliphatic hydroxyl groups is 1. The van der Waals surface area contributed by atoms with Gasteiger partial charge in [-0.1, -0.05) is 43.2 Å². The summed E-state index contributed by atoms with van der Waals surface area (Å²) in [4.78, 5) is 11.0. The fourth-order valence-electron chi connectivity index (χ4n) is 3.51. The van der Waals surface area contributed by atoms with Gasteiger partial charge in [-0.25, -0.2) is 9.97 Å². The Morgan fingerprint density at radius 1 is 1.20 bits per heavy atom. The summed E-state index contributed by atoms with van der Waals surface area (Å²) < 4.78 is 5.53. The van der Waals surface area contributed by atoms with Crippen LogP contribution in [-0.4, -0.2) is 34.3 Å². The predicted octanol–water partition coefficient (Wildman–Crippen LogP) is 3.75.